The second-order valence-corrected chi connectivity index (χ2v) is 5.74. The number of H-pyrrole nitrogens is 1. The third-order valence-corrected chi connectivity index (χ3v) is 3.98. The lowest BCUT2D eigenvalue weighted by molar-refractivity contribution is 0.288. The standard InChI is InChI=1S/C18H27N3O2/c1-5-6-9-23-17-8-7-15(10-18(17)22-4)13(2)19-11-16-12-20-21-14(16)3/h7-8,10,12-13,19H,5-6,9,11H2,1-4H3,(H,20,21). The number of hydrogen-bond acceptors (Lipinski definition) is 4. The molecule has 1 atom stereocenters. The van der Waals surface area contributed by atoms with Gasteiger partial charge < -0.3 is 14.8 Å². The second kappa shape index (κ2) is 8.58. The summed E-state index contributed by atoms with van der Waals surface area (Å²) in [5.41, 5.74) is 3.45. The Hall–Kier alpha value is -2.01. The summed E-state index contributed by atoms with van der Waals surface area (Å²) in [6, 6.07) is 6.33. The van der Waals surface area contributed by atoms with Crippen molar-refractivity contribution in [2.24, 2.45) is 0 Å². The summed E-state index contributed by atoms with van der Waals surface area (Å²) in [7, 11) is 1.68. The SMILES string of the molecule is CCCCOc1ccc(C(C)NCc2cn[nH]c2C)cc1OC. The number of nitrogens with zero attached hydrogens (tertiary/aromatic N) is 1. The van der Waals surface area contributed by atoms with E-state index in [2.05, 4.69) is 35.4 Å². The van der Waals surface area contributed by atoms with Crippen LogP contribution in [0.2, 0.25) is 0 Å². The molecule has 2 N–H and O–H groups in total. The van der Waals surface area contributed by atoms with Crippen LogP contribution >= 0.6 is 0 Å². The first-order valence-electron chi connectivity index (χ1n) is 8.18. The number of methoxy groups -OCH3 is 1. The fourth-order valence-electron chi connectivity index (χ4n) is 2.33. The number of ether oxygens (including phenoxy) is 2. The molecule has 5 nitrogen and oxygen atoms in total. The van der Waals surface area contributed by atoms with Gasteiger partial charge in [-0.2, -0.15) is 5.10 Å². The highest BCUT2D eigenvalue weighted by atomic mass is 16.5. The maximum absolute atomic E-state index is 5.78. The molecule has 0 aliphatic rings. The first-order chi connectivity index (χ1) is 11.2. The summed E-state index contributed by atoms with van der Waals surface area (Å²) in [6.45, 7) is 7.82. The van der Waals surface area contributed by atoms with Gasteiger partial charge in [-0.1, -0.05) is 19.4 Å². The van der Waals surface area contributed by atoms with Crippen molar-refractivity contribution in [3.63, 3.8) is 0 Å². The van der Waals surface area contributed by atoms with E-state index in [-0.39, 0.29) is 6.04 Å². The minimum atomic E-state index is 0.211. The Balaban J connectivity index is 1.99. The number of unbranched alkanes of at least 4 members (excludes halogenated alkanes) is 1. The molecule has 1 aromatic heterocycles. The van der Waals surface area contributed by atoms with Gasteiger partial charge in [-0.25, -0.2) is 0 Å². The van der Waals surface area contributed by atoms with E-state index in [0.29, 0.717) is 0 Å². The molecule has 126 valence electrons. The molecule has 0 amide bonds. The van der Waals surface area contributed by atoms with Crippen LogP contribution < -0.4 is 14.8 Å². The summed E-state index contributed by atoms with van der Waals surface area (Å²) >= 11 is 0. The van der Waals surface area contributed by atoms with E-state index < -0.39 is 0 Å². The molecule has 0 saturated carbocycles. The molecule has 1 aromatic carbocycles. The topological polar surface area (TPSA) is 59.2 Å². The Morgan fingerprint density at radius 2 is 2.13 bits per heavy atom. The summed E-state index contributed by atoms with van der Waals surface area (Å²) in [5, 5.41) is 10.5. The van der Waals surface area contributed by atoms with Crippen molar-refractivity contribution in [1.29, 1.82) is 0 Å². The first kappa shape index (κ1) is 17.3. The van der Waals surface area contributed by atoms with Gasteiger partial charge in [0.25, 0.3) is 0 Å². The van der Waals surface area contributed by atoms with Crippen molar-refractivity contribution in [1.82, 2.24) is 15.5 Å². The highest BCUT2D eigenvalue weighted by Crippen LogP contribution is 2.30. The molecule has 0 radical (unpaired) electrons. The lowest BCUT2D eigenvalue weighted by atomic mass is 10.1. The Morgan fingerprint density at radius 1 is 1.30 bits per heavy atom. The molecule has 0 spiro atoms. The van der Waals surface area contributed by atoms with Crippen molar-refractivity contribution in [3.05, 3.63) is 41.2 Å². The minimum Gasteiger partial charge on any atom is -0.493 e. The van der Waals surface area contributed by atoms with Crippen LogP contribution in [0.1, 0.15) is 49.6 Å². The molecule has 1 heterocycles. The van der Waals surface area contributed by atoms with E-state index in [4.69, 9.17) is 9.47 Å². The van der Waals surface area contributed by atoms with Crippen molar-refractivity contribution < 1.29 is 9.47 Å². The lowest BCUT2D eigenvalue weighted by Gasteiger charge is -2.17. The minimum absolute atomic E-state index is 0.211. The Kier molecular flexibility index (Phi) is 6.47. The van der Waals surface area contributed by atoms with Gasteiger partial charge >= 0.3 is 0 Å². The molecule has 0 bridgehead atoms. The van der Waals surface area contributed by atoms with Crippen LogP contribution in [-0.2, 0) is 6.54 Å². The maximum atomic E-state index is 5.78. The predicted molar refractivity (Wildman–Crippen MR) is 92.0 cm³/mol. The summed E-state index contributed by atoms with van der Waals surface area (Å²) in [4.78, 5) is 0. The van der Waals surface area contributed by atoms with Crippen LogP contribution in [0.15, 0.2) is 24.4 Å². The van der Waals surface area contributed by atoms with Gasteiger partial charge in [-0.05, 0) is 38.0 Å². The molecule has 0 aliphatic heterocycles. The molecule has 0 saturated heterocycles. The molecule has 1 unspecified atom stereocenters. The van der Waals surface area contributed by atoms with Crippen molar-refractivity contribution in [2.75, 3.05) is 13.7 Å². The average molecular weight is 317 g/mol. The van der Waals surface area contributed by atoms with E-state index in [9.17, 15) is 0 Å². The predicted octanol–water partition coefficient (Wildman–Crippen LogP) is 3.76. The van der Waals surface area contributed by atoms with E-state index in [0.717, 1.165) is 43.2 Å². The zero-order chi connectivity index (χ0) is 16.7. The summed E-state index contributed by atoms with van der Waals surface area (Å²) < 4.78 is 11.2. The van der Waals surface area contributed by atoms with Gasteiger partial charge in [0.05, 0.1) is 19.9 Å². The fourth-order valence-corrected chi connectivity index (χ4v) is 2.33. The van der Waals surface area contributed by atoms with Crippen LogP contribution in [0.25, 0.3) is 0 Å². The zero-order valence-corrected chi connectivity index (χ0v) is 14.5. The van der Waals surface area contributed by atoms with E-state index in [1.165, 1.54) is 11.1 Å². The molecule has 0 aliphatic carbocycles. The Morgan fingerprint density at radius 3 is 2.78 bits per heavy atom. The van der Waals surface area contributed by atoms with Gasteiger partial charge in [-0.15, -0.1) is 0 Å². The number of rotatable bonds is 9. The largest absolute Gasteiger partial charge is 0.493 e. The molecule has 2 rings (SSSR count). The van der Waals surface area contributed by atoms with E-state index in [1.807, 2.05) is 25.3 Å². The van der Waals surface area contributed by atoms with E-state index in [1.54, 1.807) is 7.11 Å². The van der Waals surface area contributed by atoms with Gasteiger partial charge in [0.1, 0.15) is 0 Å². The Labute approximate surface area is 138 Å². The fraction of sp³-hybridized carbons (Fsp3) is 0.500. The summed E-state index contributed by atoms with van der Waals surface area (Å²) in [5.74, 6) is 1.59. The normalized spacial score (nSPS) is 12.2. The van der Waals surface area contributed by atoms with Crippen LogP contribution in [-0.4, -0.2) is 23.9 Å². The van der Waals surface area contributed by atoms with Crippen LogP contribution in [0.4, 0.5) is 0 Å². The number of nitrogens with one attached hydrogen (secondary N) is 2. The smallest absolute Gasteiger partial charge is 0.161 e. The Bertz CT molecular complexity index is 610. The van der Waals surface area contributed by atoms with Gasteiger partial charge in [-0.3, -0.25) is 5.10 Å². The number of aromatic amines is 1. The first-order valence-corrected chi connectivity index (χ1v) is 8.18. The molecular weight excluding hydrogens is 290 g/mol. The van der Waals surface area contributed by atoms with Crippen LogP contribution in [0.5, 0.6) is 11.5 Å². The molecule has 0 fully saturated rings. The van der Waals surface area contributed by atoms with Gasteiger partial charge in [0.2, 0.25) is 0 Å². The number of benzene rings is 1. The molecule has 23 heavy (non-hydrogen) atoms. The highest BCUT2D eigenvalue weighted by molar-refractivity contribution is 5.43. The quantitative estimate of drug-likeness (QED) is 0.691. The molecule has 5 heteroatoms. The zero-order valence-electron chi connectivity index (χ0n) is 14.5. The molecule has 2 aromatic rings. The highest BCUT2D eigenvalue weighted by Gasteiger charge is 2.11. The number of aryl methyl sites for hydroxylation is 1. The molecular formula is C18H27N3O2. The van der Waals surface area contributed by atoms with Crippen LogP contribution in [0, 0.1) is 6.92 Å². The summed E-state index contributed by atoms with van der Waals surface area (Å²) in [6.07, 6.45) is 4.03. The average Bonchev–Trinajstić information content (AvgIpc) is 2.98. The van der Waals surface area contributed by atoms with Crippen molar-refractivity contribution in [2.45, 2.75) is 46.2 Å². The van der Waals surface area contributed by atoms with Crippen molar-refractivity contribution in [3.8, 4) is 11.5 Å². The third-order valence-electron chi connectivity index (χ3n) is 3.98. The second-order valence-electron chi connectivity index (χ2n) is 5.74. The van der Waals surface area contributed by atoms with Gasteiger partial charge in [0, 0.05) is 23.8 Å². The van der Waals surface area contributed by atoms with Crippen LogP contribution in [0.3, 0.4) is 0 Å². The van der Waals surface area contributed by atoms with Crippen molar-refractivity contribution >= 4 is 0 Å². The monoisotopic (exact) mass is 317 g/mol. The maximum Gasteiger partial charge on any atom is 0.161 e. The number of hydrogen-bond donors (Lipinski definition) is 2. The van der Waals surface area contributed by atoms with Gasteiger partial charge in [0.15, 0.2) is 11.5 Å². The number of aromatic nitrogens is 2. The van der Waals surface area contributed by atoms with E-state index >= 15 is 0 Å². The third kappa shape index (κ3) is 4.73. The lowest BCUT2D eigenvalue weighted by Crippen LogP contribution is -2.18.